The summed E-state index contributed by atoms with van der Waals surface area (Å²) in [5.74, 6) is -0.566. The molecule has 0 radical (unpaired) electrons. The summed E-state index contributed by atoms with van der Waals surface area (Å²) in [6.07, 6.45) is 20.4. The zero-order chi connectivity index (χ0) is 28.1. The van der Waals surface area contributed by atoms with Crippen LogP contribution in [-0.2, 0) is 16.0 Å². The number of nitrogens with one attached hydrogen (secondary N) is 1. The molecule has 0 aromatic heterocycles. The van der Waals surface area contributed by atoms with Crippen LogP contribution in [0, 0.1) is 0 Å². The van der Waals surface area contributed by atoms with Crippen LogP contribution < -0.4 is 20.5 Å². The molecule has 3 aliphatic carbocycles. The summed E-state index contributed by atoms with van der Waals surface area (Å²) in [7, 11) is 0. The van der Waals surface area contributed by atoms with Crippen molar-refractivity contribution in [2.75, 3.05) is 0 Å². The molecule has 0 unspecified atom stereocenters. The standard InChI is InChI=1S/C20H29NO5.C12H23N/c1-20(2,3)26-19(24)21-17(18(22)23)13-14-9-11-16(12-10-14)25-15-7-5-4-6-8-15;1-3-7-11(8-4-1)13-12-9-5-2-6-10-12/h9-12,15,17H,4-8,13H2,1-3H3,(H,21,24)(H,22,23);11-13H,1-10H2/t17-;/m0./s1. The van der Waals surface area contributed by atoms with Crippen molar-refractivity contribution in [3.8, 4) is 5.75 Å². The average Bonchev–Trinajstić information content (AvgIpc) is 2.90. The molecule has 3 aliphatic rings. The number of ether oxygens (including phenoxy) is 2. The molecule has 220 valence electrons. The maximum Gasteiger partial charge on any atom is 0.408 e. The fourth-order valence-corrected chi connectivity index (χ4v) is 6.00. The van der Waals surface area contributed by atoms with Crippen LogP contribution in [0.4, 0.5) is 4.79 Å². The highest BCUT2D eigenvalue weighted by Gasteiger charge is 2.23. The number of aliphatic carboxylic acids is 1. The Morgan fingerprint density at radius 3 is 1.79 bits per heavy atom. The Morgan fingerprint density at radius 1 is 0.846 bits per heavy atom. The number of benzene rings is 1. The Morgan fingerprint density at radius 2 is 1.33 bits per heavy atom. The van der Waals surface area contributed by atoms with E-state index in [2.05, 4.69) is 10.6 Å². The highest BCUT2D eigenvalue weighted by Crippen LogP contribution is 2.24. The first-order valence-corrected chi connectivity index (χ1v) is 15.5. The second-order valence-electron chi connectivity index (χ2n) is 12.7. The molecular weight excluding hydrogens is 492 g/mol. The molecule has 0 aliphatic heterocycles. The Kier molecular flexibility index (Phi) is 12.9. The van der Waals surface area contributed by atoms with E-state index in [0.29, 0.717) is 0 Å². The third-order valence-corrected chi connectivity index (χ3v) is 8.04. The van der Waals surface area contributed by atoms with E-state index < -0.39 is 23.7 Å². The number of amides is 1. The predicted octanol–water partition coefficient (Wildman–Crippen LogP) is 4.80. The lowest BCUT2D eigenvalue weighted by Crippen LogP contribution is -2.95. The van der Waals surface area contributed by atoms with Crippen LogP contribution in [0.2, 0.25) is 0 Å². The molecule has 0 saturated heterocycles. The van der Waals surface area contributed by atoms with Crippen LogP contribution in [-0.4, -0.2) is 41.9 Å². The molecule has 7 nitrogen and oxygen atoms in total. The molecule has 39 heavy (non-hydrogen) atoms. The number of nitrogens with two attached hydrogens (primary N) is 1. The third kappa shape index (κ3) is 12.6. The lowest BCUT2D eigenvalue weighted by Gasteiger charge is -2.27. The van der Waals surface area contributed by atoms with Crippen molar-refractivity contribution in [3.63, 3.8) is 0 Å². The van der Waals surface area contributed by atoms with Crippen LogP contribution in [0.5, 0.6) is 5.75 Å². The normalized spacial score (nSPS) is 20.3. The lowest BCUT2D eigenvalue weighted by molar-refractivity contribution is -0.725. The highest BCUT2D eigenvalue weighted by molar-refractivity contribution is 5.79. The molecule has 3 fully saturated rings. The van der Waals surface area contributed by atoms with Crippen LogP contribution in [0.3, 0.4) is 0 Å². The number of rotatable bonds is 8. The van der Waals surface area contributed by atoms with Gasteiger partial charge in [-0.05, 0) is 122 Å². The zero-order valence-corrected chi connectivity index (χ0v) is 24.6. The van der Waals surface area contributed by atoms with Gasteiger partial charge >= 0.3 is 6.09 Å². The SMILES string of the molecule is C1CCC([NH2+]C2CCCCC2)CC1.CC(C)(C)OC(=O)N[C@@H](Cc1ccc(OC2CCCCC2)cc1)C(=O)[O-]. The molecule has 1 aromatic rings. The van der Waals surface area contributed by atoms with Gasteiger partial charge < -0.3 is 30.0 Å². The monoisotopic (exact) mass is 544 g/mol. The molecule has 0 bridgehead atoms. The number of carbonyl (C=O) groups excluding carboxylic acids is 2. The van der Waals surface area contributed by atoms with Gasteiger partial charge in [-0.15, -0.1) is 0 Å². The molecule has 7 heteroatoms. The van der Waals surface area contributed by atoms with E-state index in [9.17, 15) is 14.7 Å². The minimum atomic E-state index is -1.35. The van der Waals surface area contributed by atoms with E-state index in [4.69, 9.17) is 9.47 Å². The van der Waals surface area contributed by atoms with Gasteiger partial charge in [0, 0.05) is 0 Å². The number of carbonyl (C=O) groups is 2. The van der Waals surface area contributed by atoms with Crippen LogP contribution in [0.25, 0.3) is 0 Å². The van der Waals surface area contributed by atoms with Crippen molar-refractivity contribution in [1.82, 2.24) is 5.32 Å². The zero-order valence-electron chi connectivity index (χ0n) is 24.6. The number of hydrogen-bond acceptors (Lipinski definition) is 5. The second-order valence-corrected chi connectivity index (χ2v) is 12.7. The predicted molar refractivity (Wildman–Crippen MR) is 151 cm³/mol. The van der Waals surface area contributed by atoms with Gasteiger partial charge in [-0.1, -0.05) is 31.4 Å². The Hall–Kier alpha value is -2.28. The van der Waals surface area contributed by atoms with Crippen molar-refractivity contribution in [3.05, 3.63) is 29.8 Å². The minimum Gasteiger partial charge on any atom is -0.548 e. The quantitative estimate of drug-likeness (QED) is 0.489. The third-order valence-electron chi connectivity index (χ3n) is 8.04. The second kappa shape index (κ2) is 16.1. The number of quaternary nitrogens is 1. The van der Waals surface area contributed by atoms with Gasteiger partial charge in [0.25, 0.3) is 0 Å². The van der Waals surface area contributed by atoms with E-state index >= 15 is 0 Å². The molecular formula is C32H52N2O5. The van der Waals surface area contributed by atoms with E-state index in [1.165, 1.54) is 83.5 Å². The van der Waals surface area contributed by atoms with Gasteiger partial charge in [-0.25, -0.2) is 4.79 Å². The van der Waals surface area contributed by atoms with Crippen molar-refractivity contribution in [1.29, 1.82) is 0 Å². The van der Waals surface area contributed by atoms with Gasteiger partial charge in [0.1, 0.15) is 11.4 Å². The summed E-state index contributed by atoms with van der Waals surface area (Å²) in [6.45, 7) is 5.14. The van der Waals surface area contributed by atoms with E-state index in [0.717, 1.165) is 36.2 Å². The Labute approximate surface area is 235 Å². The molecule has 0 spiro atoms. The van der Waals surface area contributed by atoms with Crippen molar-refractivity contribution >= 4 is 12.1 Å². The minimum absolute atomic E-state index is 0.116. The van der Waals surface area contributed by atoms with Crippen molar-refractivity contribution < 1.29 is 29.5 Å². The summed E-state index contributed by atoms with van der Waals surface area (Å²) >= 11 is 0. The fraction of sp³-hybridized carbons (Fsp3) is 0.750. The van der Waals surface area contributed by atoms with Crippen LogP contribution >= 0.6 is 0 Å². The molecule has 3 N–H and O–H groups in total. The summed E-state index contributed by atoms with van der Waals surface area (Å²) in [4.78, 5) is 23.1. The number of carboxylic acid groups (broad SMARTS) is 1. The lowest BCUT2D eigenvalue weighted by atomic mass is 9.91. The first-order valence-electron chi connectivity index (χ1n) is 15.5. The van der Waals surface area contributed by atoms with Crippen molar-refractivity contribution in [2.24, 2.45) is 0 Å². The van der Waals surface area contributed by atoms with E-state index in [1.807, 2.05) is 24.3 Å². The van der Waals surface area contributed by atoms with Crippen LogP contribution in [0.1, 0.15) is 123 Å². The molecule has 1 amide bonds. The topological polar surface area (TPSA) is 104 Å². The average molecular weight is 545 g/mol. The molecule has 3 saturated carbocycles. The first-order chi connectivity index (χ1) is 18.7. The largest absolute Gasteiger partial charge is 0.548 e. The van der Waals surface area contributed by atoms with Gasteiger partial charge in [0.2, 0.25) is 0 Å². The van der Waals surface area contributed by atoms with Gasteiger partial charge in [0.15, 0.2) is 0 Å². The summed E-state index contributed by atoms with van der Waals surface area (Å²) in [5, 5.41) is 16.4. The number of alkyl carbamates (subject to hydrolysis) is 1. The highest BCUT2D eigenvalue weighted by atomic mass is 16.6. The summed E-state index contributed by atoms with van der Waals surface area (Å²) in [5.41, 5.74) is 0.0739. The van der Waals surface area contributed by atoms with Crippen LogP contribution in [0.15, 0.2) is 24.3 Å². The first kappa shape index (κ1) is 31.3. The van der Waals surface area contributed by atoms with E-state index in [1.54, 1.807) is 20.8 Å². The fourth-order valence-electron chi connectivity index (χ4n) is 6.00. The number of hydrogen-bond donors (Lipinski definition) is 2. The van der Waals surface area contributed by atoms with Crippen molar-refractivity contribution in [2.45, 2.75) is 153 Å². The van der Waals surface area contributed by atoms with Gasteiger partial charge in [0.05, 0.1) is 30.2 Å². The molecule has 1 aromatic carbocycles. The summed E-state index contributed by atoms with van der Waals surface area (Å²) in [6, 6.07) is 8.13. The van der Waals surface area contributed by atoms with Gasteiger partial charge in [-0.3, -0.25) is 0 Å². The maximum atomic E-state index is 11.8. The van der Waals surface area contributed by atoms with E-state index in [-0.39, 0.29) is 12.5 Å². The number of carboxylic acids is 1. The smallest absolute Gasteiger partial charge is 0.408 e. The Balaban J connectivity index is 0.000000268. The molecule has 0 heterocycles. The molecule has 4 rings (SSSR count). The summed E-state index contributed by atoms with van der Waals surface area (Å²) < 4.78 is 11.1. The Bertz CT molecular complexity index is 832. The van der Waals surface area contributed by atoms with Gasteiger partial charge in [-0.2, -0.15) is 0 Å². The maximum absolute atomic E-state index is 11.8. The molecule has 1 atom stereocenters.